The SMILES string of the molecule is CC1OC1C1CCOCC1. The van der Waals surface area contributed by atoms with E-state index >= 15 is 0 Å². The van der Waals surface area contributed by atoms with Gasteiger partial charge in [-0.05, 0) is 25.7 Å². The zero-order valence-electron chi connectivity index (χ0n) is 6.38. The summed E-state index contributed by atoms with van der Waals surface area (Å²) in [5.74, 6) is 0.795. The lowest BCUT2D eigenvalue weighted by molar-refractivity contribution is 0.0571. The van der Waals surface area contributed by atoms with Gasteiger partial charge in [0.05, 0.1) is 12.2 Å². The van der Waals surface area contributed by atoms with E-state index in [1.54, 1.807) is 0 Å². The van der Waals surface area contributed by atoms with E-state index in [-0.39, 0.29) is 0 Å². The Kier molecular flexibility index (Phi) is 1.66. The normalized spacial score (nSPS) is 41.7. The van der Waals surface area contributed by atoms with Crippen LogP contribution in [-0.2, 0) is 9.47 Å². The molecule has 0 saturated carbocycles. The Bertz CT molecular complexity index is 118. The van der Waals surface area contributed by atoms with E-state index in [4.69, 9.17) is 9.47 Å². The fourth-order valence-electron chi connectivity index (χ4n) is 1.74. The average molecular weight is 142 g/mol. The molecule has 58 valence electrons. The van der Waals surface area contributed by atoms with Gasteiger partial charge in [-0.15, -0.1) is 0 Å². The van der Waals surface area contributed by atoms with Crippen molar-refractivity contribution in [1.82, 2.24) is 0 Å². The first kappa shape index (κ1) is 6.62. The van der Waals surface area contributed by atoms with Crippen LogP contribution in [0.15, 0.2) is 0 Å². The van der Waals surface area contributed by atoms with E-state index in [0.29, 0.717) is 12.2 Å². The van der Waals surface area contributed by atoms with Crippen LogP contribution in [0, 0.1) is 5.92 Å². The molecule has 0 aromatic rings. The predicted octanol–water partition coefficient (Wildman–Crippen LogP) is 1.20. The topological polar surface area (TPSA) is 21.8 Å². The van der Waals surface area contributed by atoms with Crippen molar-refractivity contribution in [3.05, 3.63) is 0 Å². The van der Waals surface area contributed by atoms with Crippen molar-refractivity contribution in [1.29, 1.82) is 0 Å². The van der Waals surface area contributed by atoms with Crippen LogP contribution < -0.4 is 0 Å². The Balaban J connectivity index is 1.81. The molecule has 0 radical (unpaired) electrons. The number of hydrogen-bond acceptors (Lipinski definition) is 2. The summed E-state index contributed by atoms with van der Waals surface area (Å²) in [5, 5.41) is 0. The monoisotopic (exact) mass is 142 g/mol. The summed E-state index contributed by atoms with van der Waals surface area (Å²) in [4.78, 5) is 0. The zero-order chi connectivity index (χ0) is 6.97. The van der Waals surface area contributed by atoms with Crippen molar-refractivity contribution < 1.29 is 9.47 Å². The fourth-order valence-corrected chi connectivity index (χ4v) is 1.74. The van der Waals surface area contributed by atoms with Crippen molar-refractivity contribution >= 4 is 0 Å². The van der Waals surface area contributed by atoms with Gasteiger partial charge in [0.15, 0.2) is 0 Å². The third-order valence-corrected chi connectivity index (χ3v) is 2.49. The van der Waals surface area contributed by atoms with Gasteiger partial charge >= 0.3 is 0 Å². The zero-order valence-corrected chi connectivity index (χ0v) is 6.38. The standard InChI is InChI=1S/C8H14O2/c1-6-8(10-6)7-2-4-9-5-3-7/h6-8H,2-5H2,1H3. The Morgan fingerprint density at radius 1 is 1.20 bits per heavy atom. The molecule has 0 aliphatic carbocycles. The molecule has 2 saturated heterocycles. The van der Waals surface area contributed by atoms with Crippen molar-refractivity contribution in [3.63, 3.8) is 0 Å². The van der Waals surface area contributed by atoms with Crippen LogP contribution in [0.5, 0.6) is 0 Å². The molecule has 2 rings (SSSR count). The van der Waals surface area contributed by atoms with Crippen molar-refractivity contribution in [2.45, 2.75) is 32.0 Å². The van der Waals surface area contributed by atoms with Crippen LogP contribution in [0.1, 0.15) is 19.8 Å². The van der Waals surface area contributed by atoms with Gasteiger partial charge in [-0.3, -0.25) is 0 Å². The minimum atomic E-state index is 0.531. The first-order valence-electron chi connectivity index (χ1n) is 4.11. The maximum Gasteiger partial charge on any atom is 0.0868 e. The summed E-state index contributed by atoms with van der Waals surface area (Å²) < 4.78 is 10.7. The van der Waals surface area contributed by atoms with Crippen LogP contribution in [0.3, 0.4) is 0 Å². The molecule has 0 aromatic heterocycles. The number of ether oxygens (including phenoxy) is 2. The van der Waals surface area contributed by atoms with Crippen molar-refractivity contribution in [3.8, 4) is 0 Å². The van der Waals surface area contributed by atoms with Gasteiger partial charge in [0.25, 0.3) is 0 Å². The lowest BCUT2D eigenvalue weighted by Gasteiger charge is -2.19. The molecule has 2 nitrogen and oxygen atoms in total. The maximum atomic E-state index is 5.40. The molecule has 0 N–H and O–H groups in total. The Hall–Kier alpha value is -0.0800. The fraction of sp³-hybridized carbons (Fsp3) is 1.00. The van der Waals surface area contributed by atoms with Crippen LogP contribution in [-0.4, -0.2) is 25.4 Å². The van der Waals surface area contributed by atoms with E-state index in [9.17, 15) is 0 Å². The molecule has 2 heterocycles. The molecule has 0 bridgehead atoms. The summed E-state index contributed by atoms with van der Waals surface area (Å²) in [6.45, 7) is 4.04. The van der Waals surface area contributed by atoms with Gasteiger partial charge in [-0.25, -0.2) is 0 Å². The molecule has 0 aromatic carbocycles. The number of rotatable bonds is 1. The minimum Gasteiger partial charge on any atom is -0.381 e. The van der Waals surface area contributed by atoms with Crippen LogP contribution in [0.4, 0.5) is 0 Å². The highest BCUT2D eigenvalue weighted by molar-refractivity contribution is 4.88. The van der Waals surface area contributed by atoms with Crippen molar-refractivity contribution in [2.24, 2.45) is 5.92 Å². The third-order valence-electron chi connectivity index (χ3n) is 2.49. The molecule has 0 spiro atoms. The Morgan fingerprint density at radius 3 is 2.30 bits per heavy atom. The molecule has 2 heteroatoms. The maximum absolute atomic E-state index is 5.40. The largest absolute Gasteiger partial charge is 0.381 e. The molecule has 2 atom stereocenters. The molecule has 2 unspecified atom stereocenters. The van der Waals surface area contributed by atoms with E-state index in [0.717, 1.165) is 19.1 Å². The third kappa shape index (κ3) is 1.18. The average Bonchev–Trinajstić information content (AvgIpc) is 2.69. The first-order chi connectivity index (χ1) is 4.88. The highest BCUT2D eigenvalue weighted by Gasteiger charge is 2.41. The lowest BCUT2D eigenvalue weighted by Crippen LogP contribution is -2.20. The van der Waals surface area contributed by atoms with E-state index < -0.39 is 0 Å². The van der Waals surface area contributed by atoms with Gasteiger partial charge in [0.1, 0.15) is 0 Å². The molecule has 10 heavy (non-hydrogen) atoms. The van der Waals surface area contributed by atoms with E-state index in [2.05, 4.69) is 6.92 Å². The van der Waals surface area contributed by atoms with Crippen LogP contribution in [0.2, 0.25) is 0 Å². The second kappa shape index (κ2) is 2.51. The summed E-state index contributed by atoms with van der Waals surface area (Å²) in [7, 11) is 0. The van der Waals surface area contributed by atoms with Gasteiger partial charge in [-0.2, -0.15) is 0 Å². The van der Waals surface area contributed by atoms with Gasteiger partial charge < -0.3 is 9.47 Å². The number of epoxide rings is 1. The predicted molar refractivity (Wildman–Crippen MR) is 37.9 cm³/mol. The Morgan fingerprint density at radius 2 is 1.80 bits per heavy atom. The molecule has 2 aliphatic rings. The summed E-state index contributed by atoms with van der Waals surface area (Å²) in [5.41, 5.74) is 0. The lowest BCUT2D eigenvalue weighted by atomic mass is 9.95. The highest BCUT2D eigenvalue weighted by Crippen LogP contribution is 2.34. The second-order valence-corrected chi connectivity index (χ2v) is 3.26. The molecular weight excluding hydrogens is 128 g/mol. The van der Waals surface area contributed by atoms with Crippen molar-refractivity contribution in [2.75, 3.05) is 13.2 Å². The molecule has 2 aliphatic heterocycles. The van der Waals surface area contributed by atoms with Gasteiger partial charge in [0, 0.05) is 13.2 Å². The summed E-state index contributed by atoms with van der Waals surface area (Å²) >= 11 is 0. The smallest absolute Gasteiger partial charge is 0.0868 e. The Labute approximate surface area is 61.5 Å². The minimum absolute atomic E-state index is 0.531. The second-order valence-electron chi connectivity index (χ2n) is 3.26. The molecule has 0 amide bonds. The highest BCUT2D eigenvalue weighted by atomic mass is 16.6. The van der Waals surface area contributed by atoms with Gasteiger partial charge in [0.2, 0.25) is 0 Å². The van der Waals surface area contributed by atoms with Crippen LogP contribution in [0.25, 0.3) is 0 Å². The quantitative estimate of drug-likeness (QED) is 0.513. The number of hydrogen-bond donors (Lipinski definition) is 0. The van der Waals surface area contributed by atoms with Gasteiger partial charge in [-0.1, -0.05) is 0 Å². The first-order valence-corrected chi connectivity index (χ1v) is 4.11. The van der Waals surface area contributed by atoms with E-state index in [1.165, 1.54) is 12.8 Å². The summed E-state index contributed by atoms with van der Waals surface area (Å²) in [6.07, 6.45) is 3.51. The summed E-state index contributed by atoms with van der Waals surface area (Å²) in [6, 6.07) is 0. The van der Waals surface area contributed by atoms with E-state index in [1.807, 2.05) is 0 Å². The molecule has 2 fully saturated rings. The van der Waals surface area contributed by atoms with Crippen LogP contribution >= 0.6 is 0 Å². The molecular formula is C8H14O2.